The Morgan fingerprint density at radius 1 is 1.00 bits per heavy atom. The lowest BCUT2D eigenvalue weighted by molar-refractivity contribution is -0.0486. The van der Waals surface area contributed by atoms with Crippen LogP contribution in [-0.4, -0.2) is 19.5 Å². The molecule has 15 heavy (non-hydrogen) atoms. The van der Waals surface area contributed by atoms with Crippen molar-refractivity contribution in [3.05, 3.63) is 12.2 Å². The molecule has 1 aliphatic heterocycles. The van der Waals surface area contributed by atoms with Crippen LogP contribution in [-0.2, 0) is 9.47 Å². The Labute approximate surface area is 91.6 Å². The van der Waals surface area contributed by atoms with Crippen LogP contribution < -0.4 is 0 Å². The van der Waals surface area contributed by atoms with Crippen molar-refractivity contribution >= 4 is 0 Å². The predicted molar refractivity (Wildman–Crippen MR) is 58.4 cm³/mol. The molecule has 1 saturated heterocycles. The van der Waals surface area contributed by atoms with E-state index in [0.29, 0.717) is 0 Å². The number of hydrogen-bond acceptors (Lipinski definition) is 2. The van der Waals surface area contributed by atoms with Gasteiger partial charge in [0.2, 0.25) is 0 Å². The van der Waals surface area contributed by atoms with E-state index in [4.69, 9.17) is 9.47 Å². The molecule has 84 valence electrons. The molecule has 2 bridgehead atoms. The second-order valence-corrected chi connectivity index (χ2v) is 5.14. The van der Waals surface area contributed by atoms with E-state index in [0.717, 1.165) is 37.4 Å². The Kier molecular flexibility index (Phi) is 2.80. The van der Waals surface area contributed by atoms with Crippen LogP contribution >= 0.6 is 0 Å². The Balaban J connectivity index is 1.38. The summed E-state index contributed by atoms with van der Waals surface area (Å²) in [5.41, 5.74) is 0. The quantitative estimate of drug-likeness (QED) is 0.661. The van der Waals surface area contributed by atoms with E-state index in [2.05, 4.69) is 12.2 Å². The van der Waals surface area contributed by atoms with Crippen molar-refractivity contribution in [3.8, 4) is 0 Å². The van der Waals surface area contributed by atoms with Gasteiger partial charge in [-0.25, -0.2) is 0 Å². The molecule has 2 nitrogen and oxygen atoms in total. The van der Waals surface area contributed by atoms with Crippen LogP contribution in [0.5, 0.6) is 0 Å². The molecule has 1 saturated carbocycles. The molecule has 2 fully saturated rings. The topological polar surface area (TPSA) is 18.5 Å². The molecular weight excluding hydrogens is 188 g/mol. The second-order valence-electron chi connectivity index (χ2n) is 5.14. The molecule has 0 spiro atoms. The van der Waals surface area contributed by atoms with Crippen molar-refractivity contribution in [3.63, 3.8) is 0 Å². The molecule has 0 aromatic carbocycles. The van der Waals surface area contributed by atoms with Crippen molar-refractivity contribution in [1.82, 2.24) is 0 Å². The first-order valence-electron chi connectivity index (χ1n) is 6.33. The first-order chi connectivity index (χ1) is 7.42. The Bertz CT molecular complexity index is 243. The van der Waals surface area contributed by atoms with Gasteiger partial charge in [0.15, 0.2) is 6.29 Å². The van der Waals surface area contributed by atoms with Gasteiger partial charge in [-0.3, -0.25) is 0 Å². The summed E-state index contributed by atoms with van der Waals surface area (Å²) < 4.78 is 10.9. The van der Waals surface area contributed by atoms with Crippen LogP contribution in [0, 0.1) is 17.8 Å². The minimum atomic E-state index is 0.110. The Morgan fingerprint density at radius 3 is 2.53 bits per heavy atom. The average molecular weight is 208 g/mol. The number of rotatable bonds is 4. The molecule has 0 radical (unpaired) electrons. The third kappa shape index (κ3) is 2.11. The minimum Gasteiger partial charge on any atom is -0.350 e. The first-order valence-corrected chi connectivity index (χ1v) is 6.33. The van der Waals surface area contributed by atoms with Gasteiger partial charge in [-0.1, -0.05) is 12.2 Å². The molecule has 3 aliphatic rings. The van der Waals surface area contributed by atoms with Gasteiger partial charge in [0.1, 0.15) is 0 Å². The lowest BCUT2D eigenvalue weighted by atomic mass is 9.89. The summed E-state index contributed by atoms with van der Waals surface area (Å²) in [7, 11) is 0. The maximum atomic E-state index is 5.44. The van der Waals surface area contributed by atoms with Gasteiger partial charge in [-0.2, -0.15) is 0 Å². The lowest BCUT2D eigenvalue weighted by Crippen LogP contribution is -2.11. The highest BCUT2D eigenvalue weighted by molar-refractivity contribution is 5.09. The molecule has 0 amide bonds. The van der Waals surface area contributed by atoms with E-state index in [-0.39, 0.29) is 6.29 Å². The molecular formula is C13H20O2. The van der Waals surface area contributed by atoms with Gasteiger partial charge in [0, 0.05) is 0 Å². The van der Waals surface area contributed by atoms with E-state index in [1.54, 1.807) is 0 Å². The molecule has 1 heterocycles. The second kappa shape index (κ2) is 4.26. The summed E-state index contributed by atoms with van der Waals surface area (Å²) in [4.78, 5) is 0. The normalized spacial score (nSPS) is 39.3. The molecule has 2 aliphatic carbocycles. The summed E-state index contributed by atoms with van der Waals surface area (Å²) in [6, 6.07) is 0. The average Bonchev–Trinajstić information content (AvgIpc) is 2.93. The monoisotopic (exact) mass is 208 g/mol. The van der Waals surface area contributed by atoms with Gasteiger partial charge in [-0.15, -0.1) is 0 Å². The van der Waals surface area contributed by atoms with Gasteiger partial charge < -0.3 is 9.47 Å². The van der Waals surface area contributed by atoms with Crippen LogP contribution in [0.4, 0.5) is 0 Å². The van der Waals surface area contributed by atoms with Gasteiger partial charge >= 0.3 is 0 Å². The maximum Gasteiger partial charge on any atom is 0.157 e. The number of fused-ring (bicyclic) bond motifs is 2. The zero-order valence-electron chi connectivity index (χ0n) is 9.23. The maximum absolute atomic E-state index is 5.44. The molecule has 3 unspecified atom stereocenters. The summed E-state index contributed by atoms with van der Waals surface area (Å²) in [6.45, 7) is 1.59. The smallest absolute Gasteiger partial charge is 0.157 e. The molecule has 0 aromatic rings. The summed E-state index contributed by atoms with van der Waals surface area (Å²) in [6.07, 6.45) is 11.6. The lowest BCUT2D eigenvalue weighted by Gasteiger charge is -2.18. The highest BCUT2D eigenvalue weighted by Gasteiger charge is 2.35. The van der Waals surface area contributed by atoms with Crippen LogP contribution in [0.1, 0.15) is 32.1 Å². The van der Waals surface area contributed by atoms with Gasteiger partial charge in [0.25, 0.3) is 0 Å². The zero-order valence-corrected chi connectivity index (χ0v) is 9.23. The zero-order chi connectivity index (χ0) is 10.1. The minimum absolute atomic E-state index is 0.110. The Morgan fingerprint density at radius 2 is 1.87 bits per heavy atom. The van der Waals surface area contributed by atoms with E-state index in [1.807, 2.05) is 0 Å². The van der Waals surface area contributed by atoms with Gasteiger partial charge in [-0.05, 0) is 49.9 Å². The van der Waals surface area contributed by atoms with Crippen molar-refractivity contribution in [2.45, 2.75) is 38.4 Å². The van der Waals surface area contributed by atoms with E-state index in [9.17, 15) is 0 Å². The van der Waals surface area contributed by atoms with E-state index < -0.39 is 0 Å². The van der Waals surface area contributed by atoms with Crippen molar-refractivity contribution in [2.75, 3.05) is 13.2 Å². The molecule has 0 N–H and O–H groups in total. The summed E-state index contributed by atoms with van der Waals surface area (Å²) in [5, 5.41) is 0. The van der Waals surface area contributed by atoms with Gasteiger partial charge in [0.05, 0.1) is 13.2 Å². The van der Waals surface area contributed by atoms with E-state index >= 15 is 0 Å². The fourth-order valence-electron chi connectivity index (χ4n) is 3.35. The molecule has 3 rings (SSSR count). The fraction of sp³-hybridized carbons (Fsp3) is 0.846. The SMILES string of the molecule is C1=CC2CC1CC2CCCC1OCCO1. The van der Waals surface area contributed by atoms with Crippen LogP contribution in [0.2, 0.25) is 0 Å². The third-order valence-electron chi connectivity index (χ3n) is 4.12. The Hall–Kier alpha value is -0.340. The largest absolute Gasteiger partial charge is 0.350 e. The van der Waals surface area contributed by atoms with Crippen LogP contribution in [0.3, 0.4) is 0 Å². The van der Waals surface area contributed by atoms with Crippen LogP contribution in [0.25, 0.3) is 0 Å². The summed E-state index contributed by atoms with van der Waals surface area (Å²) in [5.74, 6) is 2.78. The number of hydrogen-bond donors (Lipinski definition) is 0. The van der Waals surface area contributed by atoms with Crippen molar-refractivity contribution in [2.24, 2.45) is 17.8 Å². The summed E-state index contributed by atoms with van der Waals surface area (Å²) >= 11 is 0. The number of allylic oxidation sites excluding steroid dienone is 2. The number of ether oxygens (including phenoxy) is 2. The first kappa shape index (κ1) is 9.86. The highest BCUT2D eigenvalue weighted by Crippen LogP contribution is 2.45. The highest BCUT2D eigenvalue weighted by atomic mass is 16.7. The predicted octanol–water partition coefficient (Wildman–Crippen LogP) is 2.74. The van der Waals surface area contributed by atoms with Crippen molar-refractivity contribution in [1.29, 1.82) is 0 Å². The molecule has 3 atom stereocenters. The third-order valence-corrected chi connectivity index (χ3v) is 4.12. The van der Waals surface area contributed by atoms with Crippen LogP contribution in [0.15, 0.2) is 12.2 Å². The standard InChI is InChI=1S/C13H20O2/c1(3-13-14-6-7-15-13)2-11-8-10-4-5-12(11)9-10/h4-5,10-13H,1-3,6-9H2. The molecule has 0 aromatic heterocycles. The van der Waals surface area contributed by atoms with Crippen molar-refractivity contribution < 1.29 is 9.47 Å². The molecule has 2 heteroatoms. The van der Waals surface area contributed by atoms with E-state index in [1.165, 1.54) is 25.7 Å². The fourth-order valence-corrected chi connectivity index (χ4v) is 3.35.